The molecule has 0 unspecified atom stereocenters. The zero-order chi connectivity index (χ0) is 14.2. The van der Waals surface area contributed by atoms with Crippen molar-refractivity contribution in [2.75, 3.05) is 12.4 Å². The predicted molar refractivity (Wildman–Crippen MR) is 90.3 cm³/mol. The monoisotopic (exact) mass is 272 g/mol. The Labute approximate surface area is 123 Å². The summed E-state index contributed by atoms with van der Waals surface area (Å²) in [7, 11) is 1.98. The van der Waals surface area contributed by atoms with Crippen molar-refractivity contribution in [2.24, 2.45) is 0 Å². The van der Waals surface area contributed by atoms with Crippen LogP contribution in [0.4, 0.5) is 5.69 Å². The van der Waals surface area contributed by atoms with E-state index in [9.17, 15) is 0 Å². The lowest BCUT2D eigenvalue weighted by molar-refractivity contribution is 1.18. The number of aromatic nitrogens is 1. The Morgan fingerprint density at radius 3 is 2.24 bits per heavy atom. The van der Waals surface area contributed by atoms with Crippen LogP contribution in [-0.2, 0) is 0 Å². The second kappa shape index (κ2) is 4.67. The SMILES string of the molecule is CNc1cccc2c1c1ccccc1n2-c1ccccc1. The summed E-state index contributed by atoms with van der Waals surface area (Å²) in [6.07, 6.45) is 0. The summed E-state index contributed by atoms with van der Waals surface area (Å²) in [6.45, 7) is 0. The highest BCUT2D eigenvalue weighted by Gasteiger charge is 2.13. The van der Waals surface area contributed by atoms with Crippen molar-refractivity contribution in [1.82, 2.24) is 4.57 Å². The molecule has 4 rings (SSSR count). The second-order valence-electron chi connectivity index (χ2n) is 5.14. The van der Waals surface area contributed by atoms with E-state index < -0.39 is 0 Å². The number of fused-ring (bicyclic) bond motifs is 3. The van der Waals surface area contributed by atoms with Gasteiger partial charge in [0, 0.05) is 29.2 Å². The molecule has 3 aromatic carbocycles. The van der Waals surface area contributed by atoms with Gasteiger partial charge in [0.2, 0.25) is 0 Å². The van der Waals surface area contributed by atoms with Crippen LogP contribution in [0.15, 0.2) is 72.8 Å². The van der Waals surface area contributed by atoms with Gasteiger partial charge in [-0.1, -0.05) is 42.5 Å². The maximum absolute atomic E-state index is 3.31. The summed E-state index contributed by atoms with van der Waals surface area (Å²) >= 11 is 0. The molecule has 2 nitrogen and oxygen atoms in total. The third-order valence-corrected chi connectivity index (χ3v) is 3.98. The van der Waals surface area contributed by atoms with Crippen molar-refractivity contribution in [3.05, 3.63) is 72.8 Å². The van der Waals surface area contributed by atoms with E-state index in [4.69, 9.17) is 0 Å². The van der Waals surface area contributed by atoms with Gasteiger partial charge in [0.15, 0.2) is 0 Å². The summed E-state index contributed by atoms with van der Waals surface area (Å²) in [5.41, 5.74) is 4.82. The third kappa shape index (κ3) is 1.73. The lowest BCUT2D eigenvalue weighted by atomic mass is 10.1. The zero-order valence-electron chi connectivity index (χ0n) is 11.9. The van der Waals surface area contributed by atoms with E-state index in [1.807, 2.05) is 7.05 Å². The minimum absolute atomic E-state index is 1.17. The van der Waals surface area contributed by atoms with Crippen LogP contribution in [0.25, 0.3) is 27.5 Å². The van der Waals surface area contributed by atoms with Gasteiger partial charge in [-0.2, -0.15) is 0 Å². The average molecular weight is 272 g/mol. The van der Waals surface area contributed by atoms with E-state index >= 15 is 0 Å². The minimum atomic E-state index is 1.17. The highest BCUT2D eigenvalue weighted by atomic mass is 15.0. The Morgan fingerprint density at radius 2 is 1.43 bits per heavy atom. The molecular formula is C19H16N2. The molecular weight excluding hydrogens is 256 g/mol. The molecule has 102 valence electrons. The van der Waals surface area contributed by atoms with E-state index in [0.717, 1.165) is 0 Å². The van der Waals surface area contributed by atoms with Crippen LogP contribution in [0.5, 0.6) is 0 Å². The minimum Gasteiger partial charge on any atom is -0.388 e. The largest absolute Gasteiger partial charge is 0.388 e. The highest BCUT2D eigenvalue weighted by molar-refractivity contribution is 6.14. The Morgan fingerprint density at radius 1 is 0.714 bits per heavy atom. The van der Waals surface area contributed by atoms with E-state index in [2.05, 4.69) is 82.7 Å². The second-order valence-corrected chi connectivity index (χ2v) is 5.14. The molecule has 0 fully saturated rings. The number of nitrogens with zero attached hydrogens (tertiary/aromatic N) is 1. The predicted octanol–water partition coefficient (Wildman–Crippen LogP) is 4.83. The summed E-state index contributed by atoms with van der Waals surface area (Å²) in [5.74, 6) is 0. The maximum atomic E-state index is 3.31. The van der Waals surface area contributed by atoms with Gasteiger partial charge in [-0.25, -0.2) is 0 Å². The van der Waals surface area contributed by atoms with Gasteiger partial charge >= 0.3 is 0 Å². The zero-order valence-corrected chi connectivity index (χ0v) is 11.9. The van der Waals surface area contributed by atoms with Crippen molar-refractivity contribution < 1.29 is 0 Å². The molecule has 0 bridgehead atoms. The average Bonchev–Trinajstić information content (AvgIpc) is 2.90. The van der Waals surface area contributed by atoms with Crippen LogP contribution < -0.4 is 5.32 Å². The Bertz CT molecular complexity index is 920. The number of hydrogen-bond acceptors (Lipinski definition) is 1. The molecule has 0 saturated carbocycles. The molecule has 2 heteroatoms. The number of anilines is 1. The fraction of sp³-hybridized carbons (Fsp3) is 0.0526. The quantitative estimate of drug-likeness (QED) is 0.553. The van der Waals surface area contributed by atoms with Gasteiger partial charge in [-0.15, -0.1) is 0 Å². The Hall–Kier alpha value is -2.74. The van der Waals surface area contributed by atoms with Gasteiger partial charge in [0.25, 0.3) is 0 Å². The number of nitrogens with one attached hydrogen (secondary N) is 1. The third-order valence-electron chi connectivity index (χ3n) is 3.98. The molecule has 0 spiro atoms. The smallest absolute Gasteiger partial charge is 0.0561 e. The van der Waals surface area contributed by atoms with Gasteiger partial charge in [-0.3, -0.25) is 0 Å². The molecule has 0 aliphatic heterocycles. The molecule has 1 aromatic heterocycles. The van der Waals surface area contributed by atoms with Crippen molar-refractivity contribution in [2.45, 2.75) is 0 Å². The summed E-state index contributed by atoms with van der Waals surface area (Å²) in [5, 5.41) is 5.87. The molecule has 21 heavy (non-hydrogen) atoms. The first kappa shape index (κ1) is 12.0. The maximum Gasteiger partial charge on any atom is 0.0561 e. The summed E-state index contributed by atoms with van der Waals surface area (Å²) in [4.78, 5) is 0. The molecule has 0 atom stereocenters. The summed E-state index contributed by atoms with van der Waals surface area (Å²) in [6, 6.07) is 25.5. The standard InChI is InChI=1S/C19H16N2/c1-20-16-11-7-13-18-19(16)15-10-5-6-12-17(15)21(18)14-8-3-2-4-9-14/h2-13,20H,1H3. The van der Waals surface area contributed by atoms with E-state index in [-0.39, 0.29) is 0 Å². The number of rotatable bonds is 2. The van der Waals surface area contributed by atoms with Crippen LogP contribution in [0.1, 0.15) is 0 Å². The van der Waals surface area contributed by atoms with Gasteiger partial charge in [0.05, 0.1) is 11.0 Å². The topological polar surface area (TPSA) is 17.0 Å². The van der Waals surface area contributed by atoms with Gasteiger partial charge in [0.1, 0.15) is 0 Å². The van der Waals surface area contributed by atoms with Crippen molar-refractivity contribution in [3.63, 3.8) is 0 Å². The van der Waals surface area contributed by atoms with E-state index in [1.54, 1.807) is 0 Å². The highest BCUT2D eigenvalue weighted by Crippen LogP contribution is 2.35. The normalized spacial score (nSPS) is 11.1. The van der Waals surface area contributed by atoms with Crippen LogP contribution >= 0.6 is 0 Å². The van der Waals surface area contributed by atoms with Gasteiger partial charge in [-0.05, 0) is 30.3 Å². The first-order valence-electron chi connectivity index (χ1n) is 7.15. The fourth-order valence-electron chi connectivity index (χ4n) is 3.08. The van der Waals surface area contributed by atoms with Gasteiger partial charge < -0.3 is 9.88 Å². The number of benzene rings is 3. The first-order chi connectivity index (χ1) is 10.4. The fourth-order valence-corrected chi connectivity index (χ4v) is 3.08. The molecule has 0 aliphatic carbocycles. The van der Waals surface area contributed by atoms with E-state index in [0.29, 0.717) is 0 Å². The molecule has 0 saturated heterocycles. The van der Waals surface area contributed by atoms with Crippen molar-refractivity contribution in [1.29, 1.82) is 0 Å². The first-order valence-corrected chi connectivity index (χ1v) is 7.15. The van der Waals surface area contributed by atoms with Crippen LogP contribution in [0, 0.1) is 0 Å². The Balaban J connectivity index is 2.23. The lowest BCUT2D eigenvalue weighted by Crippen LogP contribution is -1.93. The molecule has 1 heterocycles. The molecule has 1 N–H and O–H groups in total. The summed E-state index contributed by atoms with van der Waals surface area (Å²) < 4.78 is 2.32. The Kier molecular flexibility index (Phi) is 2.68. The van der Waals surface area contributed by atoms with Crippen molar-refractivity contribution >= 4 is 27.5 Å². The van der Waals surface area contributed by atoms with Crippen LogP contribution in [0.2, 0.25) is 0 Å². The molecule has 0 aliphatic rings. The van der Waals surface area contributed by atoms with E-state index in [1.165, 1.54) is 33.2 Å². The molecule has 0 radical (unpaired) electrons. The molecule has 4 aromatic rings. The van der Waals surface area contributed by atoms with Crippen molar-refractivity contribution in [3.8, 4) is 5.69 Å². The lowest BCUT2D eigenvalue weighted by Gasteiger charge is -2.08. The van der Waals surface area contributed by atoms with Crippen LogP contribution in [0.3, 0.4) is 0 Å². The number of hydrogen-bond donors (Lipinski definition) is 1. The van der Waals surface area contributed by atoms with Crippen LogP contribution in [-0.4, -0.2) is 11.6 Å². The molecule has 0 amide bonds. The number of para-hydroxylation sites is 2.